The first kappa shape index (κ1) is 36.9. The zero-order valence-corrected chi connectivity index (χ0v) is 40.1. The summed E-state index contributed by atoms with van der Waals surface area (Å²) in [4.78, 5) is 0. The molecule has 328 valence electrons. The number of nitrogens with zero attached hydrogens (tertiary/aromatic N) is 4. The number of hydrogen-bond donors (Lipinski definition) is 0. The minimum Gasteiger partial charge on any atom is -0.201 e. The second-order valence-electron chi connectivity index (χ2n) is 17.2. The van der Waals surface area contributed by atoms with Crippen LogP contribution in [0.15, 0.2) is 146 Å². The highest BCUT2D eigenvalue weighted by molar-refractivity contribution is 5.66. The van der Waals surface area contributed by atoms with E-state index in [0.29, 0.717) is 11.1 Å². The predicted octanol–water partition coefficient (Wildman–Crippen LogP) is 12.4. The van der Waals surface area contributed by atoms with Gasteiger partial charge in [-0.2, -0.15) is 0 Å². The van der Waals surface area contributed by atoms with Crippen LogP contribution in [0, 0.1) is 82.9 Å². The summed E-state index contributed by atoms with van der Waals surface area (Å²) < 4.78 is 75.0. The number of rotatable bonds is 4. The average molecular weight is 858 g/mol. The summed E-state index contributed by atoms with van der Waals surface area (Å²) in [6.07, 6.45) is 7.60. The largest absolute Gasteiger partial charge is 0.212 e. The molecular weight excluding hydrogens is 777 g/mol. The topological polar surface area (TPSA) is 15.5 Å². The van der Waals surface area contributed by atoms with E-state index in [4.69, 9.17) is 12.3 Å². The van der Waals surface area contributed by atoms with Gasteiger partial charge in [-0.1, -0.05) is 71.3 Å². The first-order valence-corrected chi connectivity index (χ1v) is 21.7. The van der Waals surface area contributed by atoms with Crippen molar-refractivity contribution < 1.29 is 30.6 Å². The van der Waals surface area contributed by atoms with Crippen LogP contribution in [-0.2, 0) is 28.2 Å². The summed E-state index contributed by atoms with van der Waals surface area (Å²) in [7, 11) is 7.87. The molecule has 0 atom stereocenters. The molecule has 0 fully saturated rings. The number of benzene rings is 4. The lowest BCUT2D eigenvalue weighted by atomic mass is 9.99. The third kappa shape index (κ3) is 12.6. The summed E-state index contributed by atoms with van der Waals surface area (Å²) in [5.41, 5.74) is 21.1. The predicted molar refractivity (Wildman–Crippen MR) is 269 cm³/mol. The molecule has 64 heavy (non-hydrogen) atoms. The highest BCUT2D eigenvalue weighted by atomic mass is 14.9. The highest BCUT2D eigenvalue weighted by Crippen LogP contribution is 2.26. The number of aryl methyl sites for hydroxylation is 16. The molecule has 0 unspecified atom stereocenters. The molecule has 0 aliphatic rings. The second-order valence-corrected chi connectivity index (χ2v) is 17.2. The summed E-state index contributed by atoms with van der Waals surface area (Å²) in [5, 5.41) is 0. The molecule has 0 bridgehead atoms. The fourth-order valence-electron chi connectivity index (χ4n) is 8.00. The second kappa shape index (κ2) is 21.7. The first-order chi connectivity index (χ1) is 34.0. The van der Waals surface area contributed by atoms with Crippen molar-refractivity contribution in [2.24, 2.45) is 28.2 Å². The molecule has 0 N–H and O–H groups in total. The lowest BCUT2D eigenvalue weighted by Crippen LogP contribution is -2.31. The SMILES string of the molecule is Cc1ccc(-c2c(C)cccc2C)[n+](C)c1.Cc1ccc(C)c(-c2ccc(C)c[n+]2C)c1.[2H]C([2H])([2H])c1ccc(-c2cc(C)ccc2C)[n+](C)c1.[2H]C([2H])([2H])c1ccc(-c2ccc(C([2H])([2H])[2H])c[n+]2C)c(C)c1. The lowest BCUT2D eigenvalue weighted by Gasteiger charge is -2.07. The Balaban J connectivity index is 0.000000182. The Bertz CT molecular complexity index is 3160. The zero-order valence-electron chi connectivity index (χ0n) is 49.1. The van der Waals surface area contributed by atoms with Crippen molar-refractivity contribution in [3.8, 4) is 45.0 Å². The molecule has 4 nitrogen and oxygen atoms in total. The monoisotopic (exact) mass is 858 g/mol. The molecule has 8 rings (SSSR count). The number of aromatic nitrogens is 4. The van der Waals surface area contributed by atoms with Gasteiger partial charge >= 0.3 is 0 Å². The summed E-state index contributed by atoms with van der Waals surface area (Å²) >= 11 is 0. The third-order valence-electron chi connectivity index (χ3n) is 11.4. The van der Waals surface area contributed by atoms with Crippen molar-refractivity contribution in [2.75, 3.05) is 0 Å². The third-order valence-corrected chi connectivity index (χ3v) is 11.4. The van der Waals surface area contributed by atoms with Gasteiger partial charge in [0.05, 0.1) is 5.56 Å². The van der Waals surface area contributed by atoms with E-state index in [1.54, 1.807) is 60.4 Å². The molecule has 0 saturated carbocycles. The molecule has 8 aromatic rings. The van der Waals surface area contributed by atoms with Gasteiger partial charge in [0.1, 0.15) is 28.2 Å². The summed E-state index contributed by atoms with van der Waals surface area (Å²) in [5.74, 6) is 0. The minimum atomic E-state index is -2.14. The smallest absolute Gasteiger partial charge is 0.201 e. The Morgan fingerprint density at radius 1 is 0.297 bits per heavy atom. The van der Waals surface area contributed by atoms with Gasteiger partial charge in [-0.25, -0.2) is 18.3 Å². The molecule has 0 aliphatic carbocycles. The maximum atomic E-state index is 7.45. The Morgan fingerprint density at radius 3 is 1.06 bits per heavy atom. The van der Waals surface area contributed by atoms with Crippen LogP contribution < -0.4 is 18.3 Å². The molecule has 4 heterocycles. The van der Waals surface area contributed by atoms with Gasteiger partial charge in [0.15, 0.2) is 24.8 Å². The quantitative estimate of drug-likeness (QED) is 0.157. The molecule has 0 radical (unpaired) electrons. The molecule has 0 aliphatic heterocycles. The van der Waals surface area contributed by atoms with Gasteiger partial charge in [0.25, 0.3) is 0 Å². The van der Waals surface area contributed by atoms with Crippen LogP contribution >= 0.6 is 0 Å². The van der Waals surface area contributed by atoms with Crippen molar-refractivity contribution in [2.45, 2.75) is 82.9 Å². The van der Waals surface area contributed by atoms with Gasteiger partial charge in [-0.15, -0.1) is 0 Å². The van der Waals surface area contributed by atoms with E-state index < -0.39 is 20.6 Å². The fraction of sp³-hybridized carbons (Fsp3) is 0.267. The average Bonchev–Trinajstić information content (AvgIpc) is 3.29. The van der Waals surface area contributed by atoms with Crippen LogP contribution in [0.25, 0.3) is 45.0 Å². The molecule has 4 aromatic heterocycles. The number of pyridine rings is 4. The molecule has 4 heteroatoms. The van der Waals surface area contributed by atoms with Crippen molar-refractivity contribution >= 4 is 0 Å². The Morgan fingerprint density at radius 2 is 0.656 bits per heavy atom. The van der Waals surface area contributed by atoms with Crippen LogP contribution in [0.5, 0.6) is 0 Å². The van der Waals surface area contributed by atoms with E-state index in [9.17, 15) is 0 Å². The van der Waals surface area contributed by atoms with Crippen LogP contribution in [0.3, 0.4) is 0 Å². The summed E-state index contributed by atoms with van der Waals surface area (Å²) in [6.45, 7) is 12.5. The van der Waals surface area contributed by atoms with Gasteiger partial charge in [0, 0.05) is 75.5 Å². The molecule has 0 saturated heterocycles. The zero-order chi connectivity index (χ0) is 54.3. The Hall–Kier alpha value is -6.52. The van der Waals surface area contributed by atoms with Crippen LogP contribution in [0.1, 0.15) is 79.1 Å². The number of hydrogen-bond acceptors (Lipinski definition) is 0. The lowest BCUT2D eigenvalue weighted by molar-refractivity contribution is -0.660. The van der Waals surface area contributed by atoms with E-state index in [-0.39, 0.29) is 5.56 Å². The van der Waals surface area contributed by atoms with E-state index in [0.717, 1.165) is 28.1 Å². The van der Waals surface area contributed by atoms with Crippen molar-refractivity contribution in [1.29, 1.82) is 0 Å². The van der Waals surface area contributed by atoms with Crippen LogP contribution in [-0.4, -0.2) is 0 Å². The molecular formula is C60H72N4+4. The van der Waals surface area contributed by atoms with E-state index in [1.807, 2.05) is 24.6 Å². The molecule has 0 amide bonds. The minimum absolute atomic E-state index is 0.274. The molecule has 0 spiro atoms. The van der Waals surface area contributed by atoms with Gasteiger partial charge < -0.3 is 0 Å². The standard InChI is InChI=1S/4C15H18N/c1-11-5-7-14(13(3)9-11)15-8-6-12(2)10-16(15)4;2*1-11-5-7-13(3)14(9-11)15-8-6-12(2)10-16(15)4;1-11-8-9-14(16(4)10-11)15-12(2)6-5-7-13(15)3/h4*5-10H,1-4H3/q4*+1/i1D3,2D3;2D3;;. The first-order valence-electron chi connectivity index (χ1n) is 26.2. The van der Waals surface area contributed by atoms with Gasteiger partial charge in [-0.3, -0.25) is 0 Å². The highest BCUT2D eigenvalue weighted by Gasteiger charge is 2.16. The normalized spacial score (nSPS) is 13.2. The van der Waals surface area contributed by atoms with Crippen molar-refractivity contribution in [1.82, 2.24) is 0 Å². The van der Waals surface area contributed by atoms with Gasteiger partial charge in [0.2, 0.25) is 22.8 Å². The van der Waals surface area contributed by atoms with Crippen molar-refractivity contribution in [3.05, 3.63) is 213 Å². The van der Waals surface area contributed by atoms with Crippen LogP contribution in [0.2, 0.25) is 0 Å². The Kier molecular flexibility index (Phi) is 12.5. The molecule has 4 aromatic carbocycles. The van der Waals surface area contributed by atoms with Crippen molar-refractivity contribution in [3.63, 3.8) is 0 Å². The van der Waals surface area contributed by atoms with E-state index in [1.165, 1.54) is 67.0 Å². The fourth-order valence-corrected chi connectivity index (χ4v) is 8.00. The maximum Gasteiger partial charge on any atom is 0.212 e. The van der Waals surface area contributed by atoms with Crippen LogP contribution in [0.4, 0.5) is 0 Å². The van der Waals surface area contributed by atoms with E-state index >= 15 is 0 Å². The maximum absolute atomic E-state index is 7.45. The summed E-state index contributed by atoms with van der Waals surface area (Å²) in [6, 6.07) is 40.0. The van der Waals surface area contributed by atoms with Gasteiger partial charge in [-0.05, 0) is 153 Å². The van der Waals surface area contributed by atoms with E-state index in [2.05, 4.69) is 170 Å². The Labute approximate surface area is 398 Å².